The molecule has 0 aliphatic rings. The van der Waals surface area contributed by atoms with Crippen LogP contribution in [0, 0.1) is 5.82 Å². The molecule has 0 aromatic carbocycles. The minimum atomic E-state index is -0.561. The number of hydrogen-bond acceptors (Lipinski definition) is 4. The molecule has 0 unspecified atom stereocenters. The zero-order valence-electron chi connectivity index (χ0n) is 10.9. The number of primary amides is 1. The second-order valence-electron chi connectivity index (χ2n) is 5.06. The Bertz CT molecular complexity index is 429. The van der Waals surface area contributed by atoms with Crippen LogP contribution in [-0.2, 0) is 11.3 Å². The van der Waals surface area contributed by atoms with Crippen molar-refractivity contribution in [3.63, 3.8) is 0 Å². The summed E-state index contributed by atoms with van der Waals surface area (Å²) in [5.74, 6) is -0.980. The predicted molar refractivity (Wildman–Crippen MR) is 68.5 cm³/mol. The first-order valence-corrected chi connectivity index (χ1v) is 5.70. The maximum absolute atomic E-state index is 14.0. The van der Waals surface area contributed by atoms with E-state index < -0.39 is 11.7 Å². The number of nitrogens with zero attached hydrogens (tertiary/aromatic N) is 1. The van der Waals surface area contributed by atoms with Crippen molar-refractivity contribution < 1.29 is 9.18 Å². The van der Waals surface area contributed by atoms with Crippen LogP contribution >= 0.6 is 0 Å². The maximum atomic E-state index is 14.0. The van der Waals surface area contributed by atoms with Crippen LogP contribution in [0.3, 0.4) is 0 Å². The van der Waals surface area contributed by atoms with Gasteiger partial charge in [0.15, 0.2) is 11.6 Å². The van der Waals surface area contributed by atoms with Crippen LogP contribution in [0.5, 0.6) is 0 Å². The molecule has 0 saturated heterocycles. The van der Waals surface area contributed by atoms with E-state index in [2.05, 4.69) is 15.6 Å². The molecule has 5 nitrogen and oxygen atoms in total. The third-order valence-electron chi connectivity index (χ3n) is 2.21. The number of aromatic nitrogens is 1. The molecule has 0 aliphatic carbocycles. The summed E-state index contributed by atoms with van der Waals surface area (Å²) in [5, 5.41) is 5.75. The van der Waals surface area contributed by atoms with Gasteiger partial charge in [0.2, 0.25) is 5.91 Å². The number of halogens is 1. The number of anilines is 1. The van der Waals surface area contributed by atoms with Crippen molar-refractivity contribution in [2.45, 2.75) is 32.9 Å². The fourth-order valence-electron chi connectivity index (χ4n) is 1.27. The van der Waals surface area contributed by atoms with Gasteiger partial charge in [-0.1, -0.05) is 0 Å². The number of nitrogens with two attached hydrogens (primary N) is 1. The Kier molecular flexibility index (Phi) is 4.61. The van der Waals surface area contributed by atoms with Crippen molar-refractivity contribution in [3.05, 3.63) is 23.6 Å². The summed E-state index contributed by atoms with van der Waals surface area (Å²) < 4.78 is 14.0. The number of pyridine rings is 1. The molecule has 6 heteroatoms. The lowest BCUT2D eigenvalue weighted by molar-refractivity contribution is -0.116. The number of carbonyl (C=O) groups excluding carboxylic acids is 1. The van der Waals surface area contributed by atoms with E-state index in [4.69, 9.17) is 5.73 Å². The lowest BCUT2D eigenvalue weighted by Gasteiger charge is -2.21. The van der Waals surface area contributed by atoms with Gasteiger partial charge in [0.25, 0.3) is 0 Å². The van der Waals surface area contributed by atoms with E-state index in [-0.39, 0.29) is 17.9 Å². The molecule has 0 saturated carbocycles. The van der Waals surface area contributed by atoms with E-state index in [1.54, 1.807) is 6.07 Å². The zero-order chi connectivity index (χ0) is 13.8. The zero-order valence-corrected chi connectivity index (χ0v) is 10.9. The molecule has 100 valence electrons. The molecular weight excluding hydrogens is 235 g/mol. The summed E-state index contributed by atoms with van der Waals surface area (Å²) in [4.78, 5) is 14.5. The summed E-state index contributed by atoms with van der Waals surface area (Å²) in [6, 6.07) is 1.60. The summed E-state index contributed by atoms with van der Waals surface area (Å²) in [7, 11) is 0. The molecule has 0 atom stereocenters. The smallest absolute Gasteiger partial charge is 0.236 e. The van der Waals surface area contributed by atoms with Gasteiger partial charge < -0.3 is 16.4 Å². The third-order valence-corrected chi connectivity index (χ3v) is 2.21. The third kappa shape index (κ3) is 4.67. The molecule has 1 aromatic heterocycles. The second kappa shape index (κ2) is 5.77. The summed E-state index contributed by atoms with van der Waals surface area (Å²) in [6.07, 6.45) is 1.49. The first-order chi connectivity index (χ1) is 8.29. The first-order valence-electron chi connectivity index (χ1n) is 5.70. The summed E-state index contributed by atoms with van der Waals surface area (Å²) >= 11 is 0. The van der Waals surface area contributed by atoms with E-state index in [1.165, 1.54) is 6.20 Å². The van der Waals surface area contributed by atoms with Gasteiger partial charge >= 0.3 is 0 Å². The summed E-state index contributed by atoms with van der Waals surface area (Å²) in [6.45, 7) is 6.25. The standard InChI is InChI=1S/C12H19FN4O/c1-12(2,3)17-6-8-4-5-15-11(10(8)13)16-7-9(14)18/h4-5,17H,6-7H2,1-3H3,(H2,14,18)(H,15,16). The van der Waals surface area contributed by atoms with Gasteiger partial charge in [-0.3, -0.25) is 4.79 Å². The molecule has 1 heterocycles. The van der Waals surface area contributed by atoms with Crippen LogP contribution in [0.15, 0.2) is 12.3 Å². The van der Waals surface area contributed by atoms with Crippen LogP contribution in [0.2, 0.25) is 0 Å². The van der Waals surface area contributed by atoms with Crippen LogP contribution in [0.25, 0.3) is 0 Å². The van der Waals surface area contributed by atoms with Crippen LogP contribution in [-0.4, -0.2) is 23.0 Å². The topological polar surface area (TPSA) is 80.0 Å². The lowest BCUT2D eigenvalue weighted by Crippen LogP contribution is -2.35. The molecule has 18 heavy (non-hydrogen) atoms. The second-order valence-corrected chi connectivity index (χ2v) is 5.06. The van der Waals surface area contributed by atoms with Crippen LogP contribution < -0.4 is 16.4 Å². The molecule has 1 amide bonds. The SMILES string of the molecule is CC(C)(C)NCc1ccnc(NCC(N)=O)c1F. The number of amides is 1. The fourth-order valence-corrected chi connectivity index (χ4v) is 1.27. The molecule has 0 fully saturated rings. The van der Waals surface area contributed by atoms with Crippen LogP contribution in [0.4, 0.5) is 10.2 Å². The Labute approximate surface area is 106 Å². The van der Waals surface area contributed by atoms with Crippen molar-refractivity contribution in [3.8, 4) is 0 Å². The molecule has 0 bridgehead atoms. The molecule has 1 aromatic rings. The monoisotopic (exact) mass is 254 g/mol. The van der Waals surface area contributed by atoms with Gasteiger partial charge in [0, 0.05) is 23.8 Å². The Balaban J connectivity index is 2.75. The van der Waals surface area contributed by atoms with Crippen molar-refractivity contribution in [1.29, 1.82) is 0 Å². The van der Waals surface area contributed by atoms with E-state index in [9.17, 15) is 9.18 Å². The van der Waals surface area contributed by atoms with Gasteiger partial charge in [-0.2, -0.15) is 0 Å². The van der Waals surface area contributed by atoms with E-state index in [1.807, 2.05) is 20.8 Å². The fraction of sp³-hybridized carbons (Fsp3) is 0.500. The van der Waals surface area contributed by atoms with Gasteiger partial charge in [-0.05, 0) is 26.8 Å². The Morgan fingerprint density at radius 1 is 1.50 bits per heavy atom. The molecular formula is C12H19FN4O. The Hall–Kier alpha value is -1.69. The highest BCUT2D eigenvalue weighted by Gasteiger charge is 2.13. The average Bonchev–Trinajstić information content (AvgIpc) is 2.24. The predicted octanol–water partition coefficient (Wildman–Crippen LogP) is 1.01. The Morgan fingerprint density at radius 2 is 2.17 bits per heavy atom. The number of carbonyl (C=O) groups is 1. The normalized spacial score (nSPS) is 11.3. The van der Waals surface area contributed by atoms with Crippen molar-refractivity contribution >= 4 is 11.7 Å². The van der Waals surface area contributed by atoms with Gasteiger partial charge in [0.1, 0.15) is 0 Å². The van der Waals surface area contributed by atoms with E-state index >= 15 is 0 Å². The highest BCUT2D eigenvalue weighted by atomic mass is 19.1. The van der Waals surface area contributed by atoms with Crippen molar-refractivity contribution in [2.75, 3.05) is 11.9 Å². The highest BCUT2D eigenvalue weighted by molar-refractivity contribution is 5.78. The number of hydrogen-bond donors (Lipinski definition) is 3. The number of nitrogens with one attached hydrogen (secondary N) is 2. The van der Waals surface area contributed by atoms with Crippen LogP contribution in [0.1, 0.15) is 26.3 Å². The quantitative estimate of drug-likeness (QED) is 0.732. The lowest BCUT2D eigenvalue weighted by atomic mass is 10.1. The van der Waals surface area contributed by atoms with E-state index in [0.29, 0.717) is 12.1 Å². The molecule has 0 spiro atoms. The van der Waals surface area contributed by atoms with Gasteiger partial charge in [-0.15, -0.1) is 0 Å². The average molecular weight is 254 g/mol. The largest absolute Gasteiger partial charge is 0.368 e. The van der Waals surface area contributed by atoms with Crippen molar-refractivity contribution in [1.82, 2.24) is 10.3 Å². The summed E-state index contributed by atoms with van der Waals surface area (Å²) in [5.41, 5.74) is 5.37. The first kappa shape index (κ1) is 14.4. The molecule has 4 N–H and O–H groups in total. The highest BCUT2D eigenvalue weighted by Crippen LogP contribution is 2.15. The van der Waals surface area contributed by atoms with Gasteiger partial charge in [0.05, 0.1) is 6.54 Å². The number of rotatable bonds is 5. The Morgan fingerprint density at radius 3 is 2.72 bits per heavy atom. The molecule has 1 rings (SSSR count). The minimum Gasteiger partial charge on any atom is -0.368 e. The van der Waals surface area contributed by atoms with Crippen molar-refractivity contribution in [2.24, 2.45) is 5.73 Å². The molecule has 0 radical (unpaired) electrons. The maximum Gasteiger partial charge on any atom is 0.236 e. The molecule has 0 aliphatic heterocycles. The van der Waals surface area contributed by atoms with E-state index in [0.717, 1.165) is 0 Å². The van der Waals surface area contributed by atoms with Gasteiger partial charge in [-0.25, -0.2) is 9.37 Å². The minimum absolute atomic E-state index is 0.0435.